The number of sulfone groups is 1. The summed E-state index contributed by atoms with van der Waals surface area (Å²) in [5.74, 6) is 2.24. The van der Waals surface area contributed by atoms with E-state index < -0.39 is 9.84 Å². The molecule has 5 fully saturated rings. The van der Waals surface area contributed by atoms with Gasteiger partial charge in [0.1, 0.15) is 0 Å². The zero-order chi connectivity index (χ0) is 32.0. The summed E-state index contributed by atoms with van der Waals surface area (Å²) in [6, 6.07) is 0. The van der Waals surface area contributed by atoms with Crippen LogP contribution in [-0.2, 0) is 14.6 Å². The molecule has 0 aromatic carbocycles. The Bertz CT molecular complexity index is 1280. The average Bonchev–Trinajstić information content (AvgIpc) is 2.94. The fourth-order valence-electron chi connectivity index (χ4n) is 12.3. The number of rotatable bonds is 5. The number of amides is 1. The number of aliphatic hydroxyl groups excluding tert-OH is 1. The summed E-state index contributed by atoms with van der Waals surface area (Å²) in [6.07, 6.45) is 14.1. The molecule has 1 heterocycles. The molecule has 0 aromatic rings. The van der Waals surface area contributed by atoms with Crippen LogP contribution in [0.5, 0.6) is 0 Å². The van der Waals surface area contributed by atoms with Crippen LogP contribution in [-0.4, -0.2) is 68.1 Å². The topological polar surface area (TPSA) is 86.7 Å². The van der Waals surface area contributed by atoms with Gasteiger partial charge in [-0.3, -0.25) is 4.79 Å². The largest absolute Gasteiger partial charge is 0.393 e. The number of hydrogen-bond acceptors (Lipinski definition) is 5. The van der Waals surface area contributed by atoms with E-state index in [9.17, 15) is 18.3 Å². The lowest BCUT2D eigenvalue weighted by Crippen LogP contribution is -2.65. The third-order valence-electron chi connectivity index (χ3n) is 15.4. The van der Waals surface area contributed by atoms with Gasteiger partial charge in [-0.15, -0.1) is 0 Å². The van der Waals surface area contributed by atoms with Gasteiger partial charge in [0.05, 0.1) is 23.0 Å². The van der Waals surface area contributed by atoms with Crippen molar-refractivity contribution in [3.05, 3.63) is 11.6 Å². The Kier molecular flexibility index (Phi) is 8.10. The van der Waals surface area contributed by atoms with Crippen molar-refractivity contribution in [1.82, 2.24) is 10.2 Å². The second-order valence-corrected chi connectivity index (χ2v) is 20.7. The van der Waals surface area contributed by atoms with Crippen molar-refractivity contribution in [2.24, 2.45) is 50.2 Å². The first-order valence-electron chi connectivity index (χ1n) is 18.0. The molecule has 4 saturated carbocycles. The van der Waals surface area contributed by atoms with Crippen LogP contribution in [0, 0.1) is 50.2 Å². The molecule has 1 saturated heterocycles. The molecular formula is C37H62N2O4S. The number of aliphatic hydroxyl groups is 1. The molecule has 6 nitrogen and oxygen atoms in total. The van der Waals surface area contributed by atoms with Gasteiger partial charge in [-0.1, -0.05) is 60.1 Å². The number of nitrogens with zero attached hydrogens (tertiary/aromatic N) is 1. The van der Waals surface area contributed by atoms with E-state index >= 15 is 0 Å². The molecule has 44 heavy (non-hydrogen) atoms. The van der Waals surface area contributed by atoms with Crippen LogP contribution < -0.4 is 5.32 Å². The number of carbonyl (C=O) groups is 1. The Balaban J connectivity index is 1.23. The van der Waals surface area contributed by atoms with Crippen molar-refractivity contribution >= 4 is 15.7 Å². The molecule has 0 spiro atoms. The Morgan fingerprint density at radius 3 is 2.32 bits per heavy atom. The summed E-state index contributed by atoms with van der Waals surface area (Å²) in [7, 11) is -2.87. The highest BCUT2D eigenvalue weighted by molar-refractivity contribution is 7.91. The normalized spacial score (nSPS) is 46.0. The molecule has 7 heteroatoms. The quantitative estimate of drug-likeness (QED) is 0.272. The third kappa shape index (κ3) is 4.98. The van der Waals surface area contributed by atoms with Crippen molar-refractivity contribution in [3.63, 3.8) is 0 Å². The van der Waals surface area contributed by atoms with Crippen molar-refractivity contribution < 1.29 is 18.3 Å². The first-order valence-corrected chi connectivity index (χ1v) is 19.8. The van der Waals surface area contributed by atoms with Gasteiger partial charge in [-0.05, 0) is 122 Å². The molecule has 0 aromatic heterocycles. The van der Waals surface area contributed by atoms with Gasteiger partial charge >= 0.3 is 0 Å². The van der Waals surface area contributed by atoms with E-state index in [0.29, 0.717) is 37.4 Å². The maximum atomic E-state index is 14.3. The van der Waals surface area contributed by atoms with Crippen LogP contribution >= 0.6 is 0 Å². The van der Waals surface area contributed by atoms with Gasteiger partial charge < -0.3 is 15.3 Å². The van der Waals surface area contributed by atoms with Crippen LogP contribution in [0.25, 0.3) is 0 Å². The first kappa shape index (κ1) is 33.0. The Morgan fingerprint density at radius 1 is 0.932 bits per heavy atom. The van der Waals surface area contributed by atoms with E-state index in [-0.39, 0.29) is 56.0 Å². The van der Waals surface area contributed by atoms with E-state index in [2.05, 4.69) is 64.8 Å². The van der Waals surface area contributed by atoms with Crippen LogP contribution in [0.15, 0.2) is 11.6 Å². The number of hydrogen-bond donors (Lipinski definition) is 2. The summed E-state index contributed by atoms with van der Waals surface area (Å²) in [5, 5.41) is 14.5. The Labute approximate surface area is 268 Å². The monoisotopic (exact) mass is 630 g/mol. The minimum absolute atomic E-state index is 0.0435. The molecular weight excluding hydrogens is 568 g/mol. The van der Waals surface area contributed by atoms with Gasteiger partial charge in [0, 0.05) is 19.6 Å². The Morgan fingerprint density at radius 2 is 1.61 bits per heavy atom. The molecule has 6 rings (SSSR count). The van der Waals surface area contributed by atoms with Crippen molar-refractivity contribution in [2.45, 2.75) is 125 Å². The van der Waals surface area contributed by atoms with Crippen LogP contribution in [0.3, 0.4) is 0 Å². The molecule has 0 unspecified atom stereocenters. The van der Waals surface area contributed by atoms with Gasteiger partial charge in [0.15, 0.2) is 9.84 Å². The summed E-state index contributed by atoms with van der Waals surface area (Å²) in [6.45, 7) is 20.0. The number of allylic oxidation sites excluding steroid dienone is 2. The molecule has 250 valence electrons. The molecule has 6 aliphatic rings. The van der Waals surface area contributed by atoms with E-state index in [1.165, 1.54) is 12.8 Å². The smallest absolute Gasteiger partial charge is 0.226 e. The summed E-state index contributed by atoms with van der Waals surface area (Å²) in [5.41, 5.74) is 2.01. The SMILES string of the molecule is CC1(C)CC[C@]2(C(=O)NCCCN3CCS(=O)(=O)CC3)CC[C@]3(C)C(=CC[C@@H]4[C@@]5(C)CC[C@H](O)C(C)(C)[C@@H]5CC[C@]43C)[C@@H]2C1. The van der Waals surface area contributed by atoms with Gasteiger partial charge in [0.2, 0.25) is 5.91 Å². The molecule has 1 amide bonds. The number of fused-ring (bicyclic) bond motifs is 7. The number of nitrogens with one attached hydrogen (secondary N) is 1. The zero-order valence-electron chi connectivity index (χ0n) is 28.9. The zero-order valence-corrected chi connectivity index (χ0v) is 29.8. The van der Waals surface area contributed by atoms with Crippen molar-refractivity contribution in [3.8, 4) is 0 Å². The number of carbonyl (C=O) groups excluding carboxylic acids is 1. The molecule has 5 aliphatic carbocycles. The second kappa shape index (κ2) is 10.8. The molecule has 0 bridgehead atoms. The lowest BCUT2D eigenvalue weighted by atomic mass is 9.33. The molecule has 2 N–H and O–H groups in total. The fraction of sp³-hybridized carbons (Fsp3) is 0.919. The highest BCUT2D eigenvalue weighted by atomic mass is 32.2. The minimum Gasteiger partial charge on any atom is -0.393 e. The van der Waals surface area contributed by atoms with Gasteiger partial charge in [-0.25, -0.2) is 8.42 Å². The standard InChI is InChI=1S/C37H62N2O4S/c1-32(2)15-17-37(31(41)38-19-8-20-39-21-23-44(42,43)24-22-39)18-16-35(6)26(27(37)25-32)9-10-29-34(5)13-12-30(40)33(3,4)28(34)11-14-36(29,35)7/h9,27-30,40H,8,10-25H2,1-7H3,(H,38,41)/t27-,28-,29+,30-,34-,35+,36+,37-/m0/s1. The average molecular weight is 631 g/mol. The predicted molar refractivity (Wildman–Crippen MR) is 178 cm³/mol. The van der Waals surface area contributed by atoms with E-state index in [0.717, 1.165) is 64.3 Å². The third-order valence-corrected chi connectivity index (χ3v) is 17.1. The minimum atomic E-state index is -2.87. The van der Waals surface area contributed by atoms with Crippen molar-refractivity contribution in [2.75, 3.05) is 37.7 Å². The van der Waals surface area contributed by atoms with E-state index in [1.807, 2.05) is 0 Å². The highest BCUT2D eigenvalue weighted by Crippen LogP contribution is 2.75. The summed E-state index contributed by atoms with van der Waals surface area (Å²) < 4.78 is 23.6. The highest BCUT2D eigenvalue weighted by Gasteiger charge is 2.69. The summed E-state index contributed by atoms with van der Waals surface area (Å²) >= 11 is 0. The van der Waals surface area contributed by atoms with Gasteiger partial charge in [-0.2, -0.15) is 0 Å². The first-order chi connectivity index (χ1) is 20.4. The van der Waals surface area contributed by atoms with Crippen LogP contribution in [0.1, 0.15) is 119 Å². The van der Waals surface area contributed by atoms with E-state index in [4.69, 9.17) is 0 Å². The van der Waals surface area contributed by atoms with Crippen molar-refractivity contribution in [1.29, 1.82) is 0 Å². The molecule has 1 aliphatic heterocycles. The fourth-order valence-corrected chi connectivity index (χ4v) is 13.6. The maximum Gasteiger partial charge on any atom is 0.226 e. The van der Waals surface area contributed by atoms with E-state index in [1.54, 1.807) is 5.57 Å². The lowest BCUT2D eigenvalue weighted by Gasteiger charge is -2.71. The lowest BCUT2D eigenvalue weighted by molar-refractivity contribution is -0.203. The molecule has 0 radical (unpaired) electrons. The predicted octanol–water partition coefficient (Wildman–Crippen LogP) is 6.39. The van der Waals surface area contributed by atoms with Gasteiger partial charge in [0.25, 0.3) is 0 Å². The molecule has 8 atom stereocenters. The second-order valence-electron chi connectivity index (χ2n) is 18.4. The van der Waals surface area contributed by atoms with Crippen LogP contribution in [0.2, 0.25) is 0 Å². The van der Waals surface area contributed by atoms with Crippen LogP contribution in [0.4, 0.5) is 0 Å². The Hall–Kier alpha value is -0.920. The maximum absolute atomic E-state index is 14.3. The summed E-state index contributed by atoms with van der Waals surface area (Å²) in [4.78, 5) is 16.6.